The summed E-state index contributed by atoms with van der Waals surface area (Å²) in [4.78, 5) is 7.58. The average Bonchev–Trinajstić information content (AvgIpc) is 3.26. The van der Waals surface area contributed by atoms with Crippen LogP contribution >= 0.6 is 23.2 Å². The summed E-state index contributed by atoms with van der Waals surface area (Å²) >= 11 is 11.9. The molecule has 0 spiro atoms. The Morgan fingerprint density at radius 3 is 2.48 bits per heavy atom. The first-order valence-electron chi connectivity index (χ1n) is 6.76. The third kappa shape index (κ3) is 4.17. The number of nitrogens with one attached hydrogen (secondary N) is 2. The summed E-state index contributed by atoms with van der Waals surface area (Å²) in [6, 6.07) is 5.58. The standard InChI is InChI=1S/C14H11Cl2F3N4/c15-7-1-4-9(16)10(5-7)21-12-6-11(14(17,18)19)22-13(23-12)20-8-2-3-8/h1,4-6,8H,2-3H2,(H2,20,21,22,23). The fourth-order valence-electron chi connectivity index (χ4n) is 1.86. The number of alkyl halides is 3. The predicted octanol–water partition coefficient (Wildman–Crippen LogP) is 5.12. The minimum Gasteiger partial charge on any atom is -0.351 e. The summed E-state index contributed by atoms with van der Waals surface area (Å²) in [7, 11) is 0. The molecule has 0 bridgehead atoms. The topological polar surface area (TPSA) is 49.8 Å². The van der Waals surface area contributed by atoms with E-state index in [0.29, 0.717) is 15.7 Å². The highest BCUT2D eigenvalue weighted by Gasteiger charge is 2.34. The van der Waals surface area contributed by atoms with Crippen molar-refractivity contribution in [3.8, 4) is 0 Å². The maximum atomic E-state index is 13.0. The van der Waals surface area contributed by atoms with Gasteiger partial charge in [0, 0.05) is 17.1 Å². The Bertz CT molecular complexity index is 732. The van der Waals surface area contributed by atoms with E-state index in [1.807, 2.05) is 0 Å². The zero-order valence-corrected chi connectivity index (χ0v) is 13.1. The van der Waals surface area contributed by atoms with E-state index in [4.69, 9.17) is 23.2 Å². The summed E-state index contributed by atoms with van der Waals surface area (Å²) in [5.41, 5.74) is -0.667. The van der Waals surface area contributed by atoms with Crippen LogP contribution in [-0.4, -0.2) is 16.0 Å². The Labute approximate surface area is 140 Å². The van der Waals surface area contributed by atoms with E-state index in [2.05, 4.69) is 20.6 Å². The second kappa shape index (κ2) is 6.05. The summed E-state index contributed by atoms with van der Waals surface area (Å²) in [5, 5.41) is 6.33. The van der Waals surface area contributed by atoms with Gasteiger partial charge in [-0.05, 0) is 31.0 Å². The number of hydrogen-bond acceptors (Lipinski definition) is 4. The molecule has 0 saturated heterocycles. The van der Waals surface area contributed by atoms with Gasteiger partial charge < -0.3 is 10.6 Å². The third-order valence-corrected chi connectivity index (χ3v) is 3.68. The quantitative estimate of drug-likeness (QED) is 0.792. The van der Waals surface area contributed by atoms with Crippen molar-refractivity contribution < 1.29 is 13.2 Å². The third-order valence-electron chi connectivity index (χ3n) is 3.12. The molecule has 1 heterocycles. The molecule has 0 radical (unpaired) electrons. The van der Waals surface area contributed by atoms with Gasteiger partial charge in [0.15, 0.2) is 5.69 Å². The lowest BCUT2D eigenvalue weighted by Crippen LogP contribution is -2.14. The summed E-state index contributed by atoms with van der Waals surface area (Å²) in [6.45, 7) is 0. The Morgan fingerprint density at radius 2 is 1.83 bits per heavy atom. The smallest absolute Gasteiger partial charge is 0.351 e. The fraction of sp³-hybridized carbons (Fsp3) is 0.286. The molecule has 122 valence electrons. The summed E-state index contributed by atoms with van der Waals surface area (Å²) < 4.78 is 39.0. The van der Waals surface area contributed by atoms with Gasteiger partial charge >= 0.3 is 6.18 Å². The second-order valence-corrected chi connectivity index (χ2v) is 5.97. The molecule has 4 nitrogen and oxygen atoms in total. The second-order valence-electron chi connectivity index (χ2n) is 5.13. The van der Waals surface area contributed by atoms with Crippen LogP contribution in [0.5, 0.6) is 0 Å². The van der Waals surface area contributed by atoms with E-state index >= 15 is 0 Å². The minimum atomic E-state index is -4.57. The highest BCUT2D eigenvalue weighted by molar-refractivity contribution is 6.35. The van der Waals surface area contributed by atoms with Crippen LogP contribution in [0.4, 0.5) is 30.6 Å². The Balaban J connectivity index is 1.94. The molecule has 1 aromatic carbocycles. The first kappa shape index (κ1) is 16.1. The molecule has 1 saturated carbocycles. The van der Waals surface area contributed by atoms with Crippen molar-refractivity contribution in [3.05, 3.63) is 40.0 Å². The molecule has 0 amide bonds. The molecule has 0 atom stereocenters. The van der Waals surface area contributed by atoms with Crippen molar-refractivity contribution in [2.45, 2.75) is 25.1 Å². The maximum absolute atomic E-state index is 13.0. The van der Waals surface area contributed by atoms with Crippen molar-refractivity contribution in [2.24, 2.45) is 0 Å². The van der Waals surface area contributed by atoms with Gasteiger partial charge in [-0.3, -0.25) is 0 Å². The highest BCUT2D eigenvalue weighted by Crippen LogP contribution is 2.33. The van der Waals surface area contributed by atoms with E-state index < -0.39 is 11.9 Å². The molecule has 3 rings (SSSR count). The van der Waals surface area contributed by atoms with Gasteiger partial charge in [0.1, 0.15) is 5.82 Å². The van der Waals surface area contributed by atoms with Crippen LogP contribution in [0.25, 0.3) is 0 Å². The molecule has 1 aromatic heterocycles. The van der Waals surface area contributed by atoms with Crippen molar-refractivity contribution in [1.29, 1.82) is 0 Å². The predicted molar refractivity (Wildman–Crippen MR) is 83.4 cm³/mol. The molecule has 2 N–H and O–H groups in total. The van der Waals surface area contributed by atoms with Crippen molar-refractivity contribution in [3.63, 3.8) is 0 Å². The van der Waals surface area contributed by atoms with Crippen LogP contribution in [0.15, 0.2) is 24.3 Å². The molecule has 2 aromatic rings. The number of aromatic nitrogens is 2. The van der Waals surface area contributed by atoms with Crippen molar-refractivity contribution in [1.82, 2.24) is 9.97 Å². The van der Waals surface area contributed by atoms with Crippen LogP contribution in [0.1, 0.15) is 18.5 Å². The number of benzene rings is 1. The molecular weight excluding hydrogens is 352 g/mol. The van der Waals surface area contributed by atoms with Crippen LogP contribution in [-0.2, 0) is 6.18 Å². The Kier molecular flexibility index (Phi) is 4.25. The van der Waals surface area contributed by atoms with Crippen LogP contribution in [0.2, 0.25) is 10.0 Å². The van der Waals surface area contributed by atoms with Crippen molar-refractivity contribution >= 4 is 40.7 Å². The summed E-state index contributed by atoms with van der Waals surface area (Å²) in [6.07, 6.45) is -2.79. The van der Waals surface area contributed by atoms with Gasteiger partial charge in [-0.1, -0.05) is 23.2 Å². The largest absolute Gasteiger partial charge is 0.433 e. The molecular formula is C14H11Cl2F3N4. The lowest BCUT2D eigenvalue weighted by atomic mass is 10.3. The Morgan fingerprint density at radius 1 is 1.09 bits per heavy atom. The first-order chi connectivity index (χ1) is 10.8. The van der Waals surface area contributed by atoms with Crippen LogP contribution < -0.4 is 10.6 Å². The van der Waals surface area contributed by atoms with Gasteiger partial charge in [-0.2, -0.15) is 18.2 Å². The number of halogens is 5. The number of anilines is 3. The van der Waals surface area contributed by atoms with Gasteiger partial charge in [-0.25, -0.2) is 4.98 Å². The van der Waals surface area contributed by atoms with Gasteiger partial charge in [0.2, 0.25) is 5.95 Å². The van der Waals surface area contributed by atoms with Gasteiger partial charge in [0.05, 0.1) is 10.7 Å². The molecule has 0 unspecified atom stereocenters. The van der Waals surface area contributed by atoms with Crippen LogP contribution in [0, 0.1) is 0 Å². The zero-order valence-electron chi connectivity index (χ0n) is 11.6. The minimum absolute atomic E-state index is 0.0142. The molecule has 0 aliphatic heterocycles. The zero-order chi connectivity index (χ0) is 16.6. The van der Waals surface area contributed by atoms with Crippen LogP contribution in [0.3, 0.4) is 0 Å². The van der Waals surface area contributed by atoms with E-state index in [0.717, 1.165) is 18.9 Å². The molecule has 1 fully saturated rings. The number of rotatable bonds is 4. The van der Waals surface area contributed by atoms with E-state index in [1.165, 1.54) is 6.07 Å². The SMILES string of the molecule is FC(F)(F)c1cc(Nc2cc(Cl)ccc2Cl)nc(NC2CC2)n1. The number of nitrogens with zero attached hydrogens (tertiary/aromatic N) is 2. The van der Waals surface area contributed by atoms with E-state index in [-0.39, 0.29) is 17.8 Å². The first-order valence-corrected chi connectivity index (χ1v) is 7.52. The van der Waals surface area contributed by atoms with E-state index in [9.17, 15) is 13.2 Å². The molecule has 23 heavy (non-hydrogen) atoms. The van der Waals surface area contributed by atoms with E-state index in [1.54, 1.807) is 12.1 Å². The maximum Gasteiger partial charge on any atom is 0.433 e. The molecule has 1 aliphatic rings. The lowest BCUT2D eigenvalue weighted by molar-refractivity contribution is -0.141. The summed E-state index contributed by atoms with van der Waals surface area (Å²) in [5.74, 6) is -0.0809. The van der Waals surface area contributed by atoms with Gasteiger partial charge in [-0.15, -0.1) is 0 Å². The normalized spacial score (nSPS) is 14.7. The Hall–Kier alpha value is -1.73. The number of hydrogen-bond donors (Lipinski definition) is 2. The molecule has 9 heteroatoms. The fourth-order valence-corrected chi connectivity index (χ4v) is 2.20. The van der Waals surface area contributed by atoms with Crippen molar-refractivity contribution in [2.75, 3.05) is 10.6 Å². The monoisotopic (exact) mass is 362 g/mol. The lowest BCUT2D eigenvalue weighted by Gasteiger charge is -2.13. The average molecular weight is 363 g/mol. The highest BCUT2D eigenvalue weighted by atomic mass is 35.5. The van der Waals surface area contributed by atoms with Gasteiger partial charge in [0.25, 0.3) is 0 Å². The molecule has 1 aliphatic carbocycles.